The molecule has 0 unspecified atom stereocenters. The van der Waals surface area contributed by atoms with Gasteiger partial charge in [-0.25, -0.2) is 0 Å². The number of aryl methyl sites for hydroxylation is 2. The molecule has 3 heteroatoms. The van der Waals surface area contributed by atoms with Gasteiger partial charge in [-0.2, -0.15) is 0 Å². The van der Waals surface area contributed by atoms with E-state index in [1.165, 1.54) is 18.4 Å². The Balaban J connectivity index is 2.83. The van der Waals surface area contributed by atoms with Crippen LogP contribution in [0, 0.1) is 6.92 Å². The van der Waals surface area contributed by atoms with Crippen LogP contribution in [-0.2, 0) is 6.42 Å². The van der Waals surface area contributed by atoms with E-state index in [0.717, 1.165) is 17.7 Å². The zero-order valence-electron chi connectivity index (χ0n) is 8.70. The lowest BCUT2D eigenvalue weighted by atomic mass is 10.1. The lowest BCUT2D eigenvalue weighted by molar-refractivity contribution is 0.794. The van der Waals surface area contributed by atoms with Crippen LogP contribution in [0.4, 0.5) is 5.69 Å². The largest absolute Gasteiger partial charge is 0.0654 e. The quantitative estimate of drug-likeness (QED) is 0.385. The predicted octanol–water partition coefficient (Wildman–Crippen LogP) is 4.28. The summed E-state index contributed by atoms with van der Waals surface area (Å²) in [4.78, 5) is 2.78. The summed E-state index contributed by atoms with van der Waals surface area (Å²) in [6.07, 6.45) is 3.52. The molecule has 0 amide bonds. The zero-order valence-corrected chi connectivity index (χ0v) is 8.70. The van der Waals surface area contributed by atoms with E-state index in [4.69, 9.17) is 5.53 Å². The van der Waals surface area contributed by atoms with Gasteiger partial charge < -0.3 is 0 Å². The fraction of sp³-hybridized carbons (Fsp3) is 0.455. The Morgan fingerprint density at radius 3 is 2.79 bits per heavy atom. The van der Waals surface area contributed by atoms with Crippen LogP contribution in [0.25, 0.3) is 10.4 Å². The summed E-state index contributed by atoms with van der Waals surface area (Å²) in [5.74, 6) is 0. The Morgan fingerprint density at radius 1 is 1.43 bits per heavy atom. The maximum atomic E-state index is 8.31. The number of nitrogens with zero attached hydrogens (tertiary/aromatic N) is 3. The monoisotopic (exact) mass is 189 g/mol. The molecule has 0 N–H and O–H groups in total. The molecule has 14 heavy (non-hydrogen) atoms. The smallest absolute Gasteiger partial charge is 0.0404 e. The first-order chi connectivity index (χ1) is 6.77. The van der Waals surface area contributed by atoms with Gasteiger partial charge in [0, 0.05) is 10.6 Å². The number of hydrogen-bond donors (Lipinski definition) is 0. The van der Waals surface area contributed by atoms with Gasteiger partial charge >= 0.3 is 0 Å². The van der Waals surface area contributed by atoms with Crippen molar-refractivity contribution in [2.75, 3.05) is 0 Å². The minimum absolute atomic E-state index is 0.729. The Hall–Kier alpha value is -1.47. The summed E-state index contributed by atoms with van der Waals surface area (Å²) in [5, 5.41) is 3.61. The van der Waals surface area contributed by atoms with Gasteiger partial charge in [0.05, 0.1) is 0 Å². The summed E-state index contributed by atoms with van der Waals surface area (Å²) >= 11 is 0. The minimum atomic E-state index is 0.729. The second-order valence-electron chi connectivity index (χ2n) is 3.41. The summed E-state index contributed by atoms with van der Waals surface area (Å²) in [6, 6.07) is 6.02. The van der Waals surface area contributed by atoms with Crippen molar-refractivity contribution in [1.29, 1.82) is 0 Å². The van der Waals surface area contributed by atoms with Crippen LogP contribution < -0.4 is 0 Å². The molecule has 0 radical (unpaired) electrons. The molecule has 74 valence electrons. The van der Waals surface area contributed by atoms with Crippen LogP contribution in [0.3, 0.4) is 0 Å². The molecule has 0 fully saturated rings. The second kappa shape index (κ2) is 5.30. The van der Waals surface area contributed by atoms with E-state index in [1.807, 2.05) is 19.1 Å². The molecular weight excluding hydrogens is 174 g/mol. The number of unbranched alkanes of at least 4 members (excludes halogenated alkanes) is 1. The number of hydrogen-bond acceptors (Lipinski definition) is 1. The summed E-state index contributed by atoms with van der Waals surface area (Å²) in [7, 11) is 0. The topological polar surface area (TPSA) is 48.8 Å². The SMILES string of the molecule is CCCCc1ccc(N=[N+]=[N-])c(C)c1. The normalized spacial score (nSPS) is 9.57. The minimum Gasteiger partial charge on any atom is -0.0654 e. The third-order valence-electron chi connectivity index (χ3n) is 2.23. The molecule has 3 nitrogen and oxygen atoms in total. The highest BCUT2D eigenvalue weighted by molar-refractivity contribution is 5.46. The van der Waals surface area contributed by atoms with Crippen LogP contribution in [-0.4, -0.2) is 0 Å². The maximum absolute atomic E-state index is 8.31. The lowest BCUT2D eigenvalue weighted by Crippen LogP contribution is -1.85. The van der Waals surface area contributed by atoms with Gasteiger partial charge in [0.1, 0.15) is 0 Å². The molecule has 0 aliphatic rings. The Morgan fingerprint density at radius 2 is 2.21 bits per heavy atom. The van der Waals surface area contributed by atoms with Gasteiger partial charge in [0.25, 0.3) is 0 Å². The van der Waals surface area contributed by atoms with Crippen LogP contribution in [0.1, 0.15) is 30.9 Å². The highest BCUT2D eigenvalue weighted by Crippen LogP contribution is 2.20. The number of azide groups is 1. The number of benzene rings is 1. The highest BCUT2D eigenvalue weighted by Gasteiger charge is 1.97. The van der Waals surface area contributed by atoms with Crippen LogP contribution >= 0.6 is 0 Å². The van der Waals surface area contributed by atoms with E-state index in [9.17, 15) is 0 Å². The van der Waals surface area contributed by atoms with Crippen LogP contribution in [0.15, 0.2) is 23.3 Å². The molecule has 0 heterocycles. The molecule has 1 aromatic carbocycles. The van der Waals surface area contributed by atoms with Crippen molar-refractivity contribution in [3.05, 3.63) is 39.8 Å². The molecule has 0 aliphatic carbocycles. The third-order valence-corrected chi connectivity index (χ3v) is 2.23. The first-order valence-corrected chi connectivity index (χ1v) is 4.92. The van der Waals surface area contributed by atoms with E-state index in [0.29, 0.717) is 0 Å². The zero-order chi connectivity index (χ0) is 10.4. The van der Waals surface area contributed by atoms with Crippen LogP contribution in [0.5, 0.6) is 0 Å². The van der Waals surface area contributed by atoms with E-state index in [-0.39, 0.29) is 0 Å². The average Bonchev–Trinajstić information content (AvgIpc) is 2.19. The lowest BCUT2D eigenvalue weighted by Gasteiger charge is -2.03. The molecule has 0 atom stereocenters. The maximum Gasteiger partial charge on any atom is 0.0404 e. The van der Waals surface area contributed by atoms with Gasteiger partial charge in [-0.15, -0.1) is 0 Å². The van der Waals surface area contributed by atoms with E-state index < -0.39 is 0 Å². The van der Waals surface area contributed by atoms with Crippen molar-refractivity contribution < 1.29 is 0 Å². The van der Waals surface area contributed by atoms with Crippen LogP contribution in [0.2, 0.25) is 0 Å². The van der Waals surface area contributed by atoms with E-state index >= 15 is 0 Å². The fourth-order valence-electron chi connectivity index (χ4n) is 1.41. The predicted molar refractivity (Wildman–Crippen MR) is 58.6 cm³/mol. The summed E-state index contributed by atoms with van der Waals surface area (Å²) in [5.41, 5.74) is 11.4. The van der Waals surface area contributed by atoms with Gasteiger partial charge in [-0.05, 0) is 36.4 Å². The summed E-state index contributed by atoms with van der Waals surface area (Å²) < 4.78 is 0. The molecule has 0 bridgehead atoms. The first kappa shape index (κ1) is 10.6. The number of rotatable bonds is 4. The van der Waals surface area contributed by atoms with E-state index in [1.54, 1.807) is 0 Å². The first-order valence-electron chi connectivity index (χ1n) is 4.92. The van der Waals surface area contributed by atoms with Crippen molar-refractivity contribution in [1.82, 2.24) is 0 Å². The van der Waals surface area contributed by atoms with Crippen molar-refractivity contribution in [2.24, 2.45) is 5.11 Å². The second-order valence-corrected chi connectivity index (χ2v) is 3.41. The molecule has 0 spiro atoms. The van der Waals surface area contributed by atoms with Crippen molar-refractivity contribution in [3.8, 4) is 0 Å². The van der Waals surface area contributed by atoms with Crippen molar-refractivity contribution in [3.63, 3.8) is 0 Å². The van der Waals surface area contributed by atoms with Gasteiger partial charge in [0.2, 0.25) is 0 Å². The van der Waals surface area contributed by atoms with Gasteiger partial charge in [-0.1, -0.05) is 36.7 Å². The molecule has 0 saturated carbocycles. The third kappa shape index (κ3) is 2.79. The Labute approximate surface area is 84.4 Å². The summed E-state index contributed by atoms with van der Waals surface area (Å²) in [6.45, 7) is 4.15. The fourth-order valence-corrected chi connectivity index (χ4v) is 1.41. The average molecular weight is 189 g/mol. The van der Waals surface area contributed by atoms with Gasteiger partial charge in [0.15, 0.2) is 0 Å². The molecule has 1 aromatic rings. The Bertz CT molecular complexity index is 352. The molecule has 0 aliphatic heterocycles. The standard InChI is InChI=1S/C11H15N3/c1-3-4-5-10-6-7-11(13-14-12)9(2)8-10/h6-8H,3-5H2,1-2H3. The van der Waals surface area contributed by atoms with Crippen molar-refractivity contribution >= 4 is 5.69 Å². The van der Waals surface area contributed by atoms with Gasteiger partial charge in [-0.3, -0.25) is 0 Å². The molecule has 0 aromatic heterocycles. The molecule has 0 saturated heterocycles. The Kier molecular flexibility index (Phi) is 4.02. The van der Waals surface area contributed by atoms with E-state index in [2.05, 4.69) is 23.0 Å². The molecule has 1 rings (SSSR count). The molecular formula is C11H15N3. The highest BCUT2D eigenvalue weighted by atomic mass is 15.1. The van der Waals surface area contributed by atoms with Crippen molar-refractivity contribution in [2.45, 2.75) is 33.1 Å².